The maximum atomic E-state index is 13.7. The molecule has 0 spiro atoms. The van der Waals surface area contributed by atoms with Crippen LogP contribution in [0.15, 0.2) is 49.1 Å². The van der Waals surface area contributed by atoms with Crippen molar-refractivity contribution >= 4 is 5.97 Å². The predicted octanol–water partition coefficient (Wildman–Crippen LogP) is 2.69. The first-order chi connectivity index (χ1) is 13.2. The van der Waals surface area contributed by atoms with Gasteiger partial charge in [-0.1, -0.05) is 12.1 Å². The first kappa shape index (κ1) is 17.2. The molecule has 27 heavy (non-hydrogen) atoms. The van der Waals surface area contributed by atoms with Gasteiger partial charge in [0.15, 0.2) is 6.79 Å². The second-order valence-corrected chi connectivity index (χ2v) is 6.03. The van der Waals surface area contributed by atoms with Crippen LogP contribution in [0.1, 0.15) is 27.0 Å². The van der Waals surface area contributed by atoms with Crippen molar-refractivity contribution in [3.8, 4) is 5.75 Å². The summed E-state index contributed by atoms with van der Waals surface area (Å²) in [6.45, 7) is 0.831. The number of rotatable bonds is 5. The zero-order valence-corrected chi connectivity index (χ0v) is 14.3. The van der Waals surface area contributed by atoms with E-state index < -0.39 is 11.8 Å². The molecule has 0 amide bonds. The third-order valence-electron chi connectivity index (χ3n) is 4.11. The molecule has 7 nitrogen and oxygen atoms in total. The van der Waals surface area contributed by atoms with Gasteiger partial charge < -0.3 is 14.2 Å². The third kappa shape index (κ3) is 3.95. The normalized spacial score (nSPS) is 12.9. The number of esters is 1. The van der Waals surface area contributed by atoms with Gasteiger partial charge in [-0.2, -0.15) is 5.10 Å². The lowest BCUT2D eigenvalue weighted by Crippen LogP contribution is -2.15. The monoisotopic (exact) mass is 369 g/mol. The van der Waals surface area contributed by atoms with E-state index in [-0.39, 0.29) is 20.0 Å². The first-order valence-corrected chi connectivity index (χ1v) is 8.29. The average Bonchev–Trinajstić information content (AvgIpc) is 3.19. The third-order valence-corrected chi connectivity index (χ3v) is 4.11. The molecule has 0 aliphatic carbocycles. The fourth-order valence-electron chi connectivity index (χ4n) is 2.84. The van der Waals surface area contributed by atoms with Gasteiger partial charge in [-0.15, -0.1) is 0 Å². The quantitative estimate of drug-likeness (QED) is 0.644. The second kappa shape index (κ2) is 7.55. The summed E-state index contributed by atoms with van der Waals surface area (Å²) >= 11 is 0. The smallest absolute Gasteiger partial charge is 0.338 e. The highest BCUT2D eigenvalue weighted by Crippen LogP contribution is 2.30. The summed E-state index contributed by atoms with van der Waals surface area (Å²) in [4.78, 5) is 16.2. The molecule has 0 fully saturated rings. The minimum Gasteiger partial charge on any atom is -0.467 e. The van der Waals surface area contributed by atoms with E-state index in [1.54, 1.807) is 23.1 Å². The van der Waals surface area contributed by atoms with Crippen LogP contribution >= 0.6 is 0 Å². The number of benzene rings is 2. The Balaban J connectivity index is 1.42. The van der Waals surface area contributed by atoms with E-state index in [1.165, 1.54) is 18.5 Å². The van der Waals surface area contributed by atoms with Crippen LogP contribution in [-0.2, 0) is 29.2 Å². The van der Waals surface area contributed by atoms with Gasteiger partial charge >= 0.3 is 5.97 Å². The Kier molecular flexibility index (Phi) is 4.80. The minimum atomic E-state index is -0.493. The molecule has 1 aromatic heterocycles. The van der Waals surface area contributed by atoms with Crippen LogP contribution in [0, 0.1) is 5.82 Å². The van der Waals surface area contributed by atoms with Crippen LogP contribution in [0.2, 0.25) is 0 Å². The van der Waals surface area contributed by atoms with E-state index in [2.05, 4.69) is 10.1 Å². The number of nitrogens with zero attached hydrogens (tertiary/aromatic N) is 3. The molecular weight excluding hydrogens is 353 g/mol. The Morgan fingerprint density at radius 2 is 2.11 bits per heavy atom. The van der Waals surface area contributed by atoms with Crippen molar-refractivity contribution < 1.29 is 23.4 Å². The minimum absolute atomic E-state index is 0.0837. The van der Waals surface area contributed by atoms with Gasteiger partial charge in [-0.05, 0) is 29.8 Å². The second-order valence-electron chi connectivity index (χ2n) is 6.03. The first-order valence-electron chi connectivity index (χ1n) is 8.29. The summed E-state index contributed by atoms with van der Waals surface area (Å²) in [7, 11) is 0. The van der Waals surface area contributed by atoms with Gasteiger partial charge in [0.1, 0.15) is 30.8 Å². The number of aromatic nitrogens is 3. The number of ether oxygens (including phenoxy) is 3. The molecule has 0 radical (unpaired) electrons. The summed E-state index contributed by atoms with van der Waals surface area (Å²) in [6.07, 6.45) is 3.08. The van der Waals surface area contributed by atoms with E-state index in [0.717, 1.165) is 5.56 Å². The molecule has 0 atom stereocenters. The molecule has 1 aliphatic rings. The van der Waals surface area contributed by atoms with Crippen LogP contribution in [0.4, 0.5) is 4.39 Å². The number of hydrogen-bond donors (Lipinski definition) is 0. The van der Waals surface area contributed by atoms with Gasteiger partial charge in [-0.25, -0.2) is 18.9 Å². The average molecular weight is 369 g/mol. The highest BCUT2D eigenvalue weighted by molar-refractivity contribution is 5.89. The molecule has 3 aromatic rings. The summed E-state index contributed by atoms with van der Waals surface area (Å²) in [5, 5.41) is 4.04. The fraction of sp³-hybridized carbons (Fsp3) is 0.211. The van der Waals surface area contributed by atoms with E-state index in [4.69, 9.17) is 14.2 Å². The van der Waals surface area contributed by atoms with Crippen molar-refractivity contribution in [1.29, 1.82) is 0 Å². The van der Waals surface area contributed by atoms with Gasteiger partial charge in [0.25, 0.3) is 0 Å². The summed E-state index contributed by atoms with van der Waals surface area (Å²) < 4.78 is 31.3. The molecule has 138 valence electrons. The lowest BCUT2D eigenvalue weighted by Gasteiger charge is -2.20. The summed E-state index contributed by atoms with van der Waals surface area (Å²) in [5.74, 6) is -0.405. The molecule has 1 aliphatic heterocycles. The van der Waals surface area contributed by atoms with Crippen LogP contribution in [-0.4, -0.2) is 27.5 Å². The maximum absolute atomic E-state index is 13.7. The molecule has 2 aromatic carbocycles. The van der Waals surface area contributed by atoms with Crippen molar-refractivity contribution in [2.75, 3.05) is 6.79 Å². The standard InChI is InChI=1S/C19H16FN3O4/c20-17-5-15-8-25-12-27-18(15)16(6-17)9-26-19(24)14-3-1-13(2-4-14)7-23-11-21-10-22-23/h1-6,10-11H,7-9,12H2. The van der Waals surface area contributed by atoms with Crippen LogP contribution in [0.5, 0.6) is 5.75 Å². The van der Waals surface area contributed by atoms with Crippen molar-refractivity contribution in [3.63, 3.8) is 0 Å². The molecule has 0 saturated carbocycles. The Hall–Kier alpha value is -3.26. The largest absolute Gasteiger partial charge is 0.467 e. The van der Waals surface area contributed by atoms with E-state index in [0.29, 0.717) is 29.0 Å². The molecule has 0 saturated heterocycles. The van der Waals surface area contributed by atoms with Crippen molar-refractivity contribution in [2.45, 2.75) is 19.8 Å². The van der Waals surface area contributed by atoms with Crippen molar-refractivity contribution in [1.82, 2.24) is 14.8 Å². The van der Waals surface area contributed by atoms with Gasteiger partial charge in [0, 0.05) is 11.1 Å². The molecular formula is C19H16FN3O4. The lowest BCUT2D eigenvalue weighted by molar-refractivity contribution is -0.0182. The molecule has 0 N–H and O–H groups in total. The van der Waals surface area contributed by atoms with Gasteiger partial charge in [0.05, 0.1) is 18.7 Å². The number of carbonyl (C=O) groups is 1. The van der Waals surface area contributed by atoms with Crippen LogP contribution < -0.4 is 4.74 Å². The Morgan fingerprint density at radius 1 is 1.26 bits per heavy atom. The highest BCUT2D eigenvalue weighted by atomic mass is 19.1. The van der Waals surface area contributed by atoms with Gasteiger partial charge in [0.2, 0.25) is 0 Å². The number of halogens is 1. The summed E-state index contributed by atoms with van der Waals surface area (Å²) in [5.41, 5.74) is 2.46. The van der Waals surface area contributed by atoms with Crippen LogP contribution in [0.25, 0.3) is 0 Å². The SMILES string of the molecule is O=C(OCc1cc(F)cc2c1OCOC2)c1ccc(Cn2cncn2)cc1. The maximum Gasteiger partial charge on any atom is 0.338 e. The number of carbonyl (C=O) groups excluding carboxylic acids is 1. The fourth-order valence-corrected chi connectivity index (χ4v) is 2.84. The topological polar surface area (TPSA) is 75.5 Å². The van der Waals surface area contributed by atoms with E-state index >= 15 is 0 Å². The van der Waals surface area contributed by atoms with E-state index in [1.807, 2.05) is 12.1 Å². The molecule has 0 unspecified atom stereocenters. The number of fused-ring (bicyclic) bond motifs is 1. The predicted molar refractivity (Wildman–Crippen MR) is 91.4 cm³/mol. The number of hydrogen-bond acceptors (Lipinski definition) is 6. The van der Waals surface area contributed by atoms with Crippen molar-refractivity contribution in [2.24, 2.45) is 0 Å². The Bertz CT molecular complexity index is 942. The lowest BCUT2D eigenvalue weighted by atomic mass is 10.1. The molecule has 4 rings (SSSR count). The van der Waals surface area contributed by atoms with Crippen LogP contribution in [0.3, 0.4) is 0 Å². The molecule has 2 heterocycles. The molecule has 8 heteroatoms. The van der Waals surface area contributed by atoms with Gasteiger partial charge in [-0.3, -0.25) is 0 Å². The zero-order chi connectivity index (χ0) is 18.6. The highest BCUT2D eigenvalue weighted by Gasteiger charge is 2.18. The zero-order valence-electron chi connectivity index (χ0n) is 14.3. The molecule has 0 bridgehead atoms. The summed E-state index contributed by atoms with van der Waals surface area (Å²) in [6, 6.07) is 9.66. The van der Waals surface area contributed by atoms with Crippen molar-refractivity contribution in [3.05, 3.63) is 77.1 Å². The Morgan fingerprint density at radius 3 is 2.89 bits per heavy atom. The van der Waals surface area contributed by atoms with E-state index in [9.17, 15) is 9.18 Å². The Labute approximate surface area is 154 Å².